The molecule has 2 aromatic heterocycles. The van der Waals surface area contributed by atoms with Gasteiger partial charge in [-0.15, -0.1) is 26.3 Å². The quantitative estimate of drug-likeness (QED) is 0.107. The molecule has 0 aliphatic heterocycles. The Morgan fingerprint density at radius 1 is 0.608 bits per heavy atom. The van der Waals surface area contributed by atoms with Crippen molar-refractivity contribution in [1.29, 1.82) is 0 Å². The number of aryl methyl sites for hydroxylation is 2. The van der Waals surface area contributed by atoms with Crippen LogP contribution in [0.25, 0.3) is 44.5 Å². The van der Waals surface area contributed by atoms with Crippen LogP contribution in [0.4, 0.5) is 26.3 Å². The summed E-state index contributed by atoms with van der Waals surface area (Å²) in [5.74, 6) is -1.57. The zero-order chi connectivity index (χ0) is 36.8. The predicted molar refractivity (Wildman–Crippen MR) is 173 cm³/mol. The summed E-state index contributed by atoms with van der Waals surface area (Å²) in [6.45, 7) is 1.21. The van der Waals surface area contributed by atoms with Crippen LogP contribution in [-0.2, 0) is 17.8 Å². The average Bonchev–Trinajstić information content (AvgIpc) is 3.56. The maximum atomic E-state index is 12.2. The second-order valence-electron chi connectivity index (χ2n) is 11.0. The van der Waals surface area contributed by atoms with Gasteiger partial charge in [0.1, 0.15) is 11.5 Å². The highest BCUT2D eigenvalue weighted by Crippen LogP contribution is 2.30. The van der Waals surface area contributed by atoms with Crippen molar-refractivity contribution in [2.45, 2.75) is 38.7 Å². The van der Waals surface area contributed by atoms with Gasteiger partial charge in [-0.25, -0.2) is 9.59 Å². The first kappa shape index (κ1) is 36.8. The predicted octanol–water partition coefficient (Wildman–Crippen LogP) is 7.74. The second-order valence-corrected chi connectivity index (χ2v) is 11.0. The highest BCUT2D eigenvalue weighted by Gasteiger charge is 2.31. The van der Waals surface area contributed by atoms with Gasteiger partial charge in [-0.3, -0.25) is 9.13 Å². The van der Waals surface area contributed by atoms with Crippen molar-refractivity contribution in [3.63, 3.8) is 0 Å². The number of aliphatic hydroxyl groups is 1. The number of aromatic nitrogens is 2. The van der Waals surface area contributed by atoms with Crippen molar-refractivity contribution >= 4 is 22.2 Å². The van der Waals surface area contributed by atoms with E-state index in [1.807, 2.05) is 0 Å². The van der Waals surface area contributed by atoms with Gasteiger partial charge in [-0.05, 0) is 83.6 Å². The highest BCUT2D eigenvalue weighted by atomic mass is 19.4. The SMILES string of the molecule is COCCCn1c(=O)oc2ccc(-c3ccc(OC(F)(F)F)cc3)cc21.O=c1oc2ccc(-c3ccc(OC(F)(F)F)cc3)cc2n1CCCO. The molecule has 2 heterocycles. The fourth-order valence-corrected chi connectivity index (χ4v) is 5.20. The topological polar surface area (TPSA) is 118 Å². The monoisotopic (exact) mass is 720 g/mol. The lowest BCUT2D eigenvalue weighted by Gasteiger charge is -2.09. The van der Waals surface area contributed by atoms with E-state index >= 15 is 0 Å². The van der Waals surface area contributed by atoms with Crippen LogP contribution in [0.2, 0.25) is 0 Å². The Hall–Kier alpha value is -5.48. The summed E-state index contributed by atoms with van der Waals surface area (Å²) in [5.41, 5.74) is 4.86. The molecule has 0 unspecified atom stereocenters. The molecule has 1 N–H and O–H groups in total. The largest absolute Gasteiger partial charge is 0.573 e. The van der Waals surface area contributed by atoms with E-state index in [1.54, 1.807) is 43.5 Å². The number of alkyl halides is 6. The van der Waals surface area contributed by atoms with E-state index in [4.69, 9.17) is 18.7 Å². The van der Waals surface area contributed by atoms with Crippen LogP contribution in [-0.4, -0.2) is 47.3 Å². The number of methoxy groups -OCH3 is 1. The van der Waals surface area contributed by atoms with E-state index in [2.05, 4.69) is 9.47 Å². The fourth-order valence-electron chi connectivity index (χ4n) is 5.20. The number of rotatable bonds is 11. The van der Waals surface area contributed by atoms with E-state index in [0.29, 0.717) is 71.4 Å². The van der Waals surface area contributed by atoms with Crippen LogP contribution in [0.15, 0.2) is 103 Å². The van der Waals surface area contributed by atoms with Gasteiger partial charge in [0.05, 0.1) is 11.0 Å². The van der Waals surface area contributed by atoms with E-state index in [9.17, 15) is 35.9 Å². The number of ether oxygens (including phenoxy) is 3. The normalized spacial score (nSPS) is 11.8. The standard InChI is InChI=1S/C18H16F3NO4.C17H14F3NO4/c1-24-10-2-9-22-15-11-13(5-8-16(15)25-17(22)23)12-3-6-14(7-4-12)26-18(19,20)21;18-17(19,20)25-13-5-2-11(3-6-13)12-4-7-15-14(10-12)21(8-1-9-22)16(23)24-15/h3-8,11H,2,9-10H2,1H3;2-7,10,22H,1,8-9H2. The van der Waals surface area contributed by atoms with Crippen molar-refractivity contribution in [2.75, 3.05) is 20.3 Å². The minimum atomic E-state index is -4.74. The van der Waals surface area contributed by atoms with Crippen molar-refractivity contribution in [2.24, 2.45) is 0 Å². The Labute approximate surface area is 284 Å². The third-order valence-corrected chi connectivity index (χ3v) is 7.45. The summed E-state index contributed by atoms with van der Waals surface area (Å²) in [5, 5.41) is 8.93. The van der Waals surface area contributed by atoms with Crippen molar-refractivity contribution in [3.05, 3.63) is 106 Å². The van der Waals surface area contributed by atoms with Gasteiger partial charge >= 0.3 is 24.2 Å². The Morgan fingerprint density at radius 2 is 1.00 bits per heavy atom. The van der Waals surface area contributed by atoms with Crippen LogP contribution in [0.1, 0.15) is 12.8 Å². The molecule has 0 amide bonds. The Morgan fingerprint density at radius 3 is 1.37 bits per heavy atom. The molecule has 6 rings (SSSR count). The Kier molecular flexibility index (Phi) is 11.3. The van der Waals surface area contributed by atoms with Gasteiger partial charge in [0.15, 0.2) is 11.2 Å². The lowest BCUT2D eigenvalue weighted by molar-refractivity contribution is -0.275. The number of nitrogens with zero attached hydrogens (tertiary/aromatic N) is 2. The summed E-state index contributed by atoms with van der Waals surface area (Å²) >= 11 is 0. The second kappa shape index (κ2) is 15.6. The first-order chi connectivity index (χ1) is 24.2. The first-order valence-corrected chi connectivity index (χ1v) is 15.3. The molecule has 0 bridgehead atoms. The molecular formula is C35H30F6N2O8. The van der Waals surface area contributed by atoms with Crippen molar-refractivity contribution in [3.8, 4) is 33.8 Å². The van der Waals surface area contributed by atoms with Crippen molar-refractivity contribution in [1.82, 2.24) is 9.13 Å². The third-order valence-electron chi connectivity index (χ3n) is 7.45. The smallest absolute Gasteiger partial charge is 0.408 e. The molecular weight excluding hydrogens is 690 g/mol. The molecule has 0 saturated carbocycles. The van der Waals surface area contributed by atoms with Gasteiger partial charge < -0.3 is 28.2 Å². The van der Waals surface area contributed by atoms with Gasteiger partial charge in [0.2, 0.25) is 0 Å². The number of oxazole rings is 2. The van der Waals surface area contributed by atoms with E-state index in [0.717, 1.165) is 5.56 Å². The third kappa shape index (κ3) is 9.61. The molecule has 51 heavy (non-hydrogen) atoms. The molecule has 0 spiro atoms. The first-order valence-electron chi connectivity index (χ1n) is 15.3. The van der Waals surface area contributed by atoms with Crippen LogP contribution in [0.5, 0.6) is 11.5 Å². The zero-order valence-corrected chi connectivity index (χ0v) is 26.8. The Bertz CT molecular complexity index is 2180. The zero-order valence-electron chi connectivity index (χ0n) is 26.8. The molecule has 16 heteroatoms. The summed E-state index contributed by atoms with van der Waals surface area (Å²) in [4.78, 5) is 23.9. The van der Waals surface area contributed by atoms with E-state index in [1.165, 1.54) is 57.7 Å². The number of halogens is 6. The van der Waals surface area contributed by atoms with E-state index in [-0.39, 0.29) is 18.1 Å². The molecule has 270 valence electrons. The fraction of sp³-hybridized carbons (Fsp3) is 0.257. The minimum absolute atomic E-state index is 0.0561. The number of fused-ring (bicyclic) bond motifs is 2. The molecule has 0 radical (unpaired) electrons. The molecule has 0 saturated heterocycles. The minimum Gasteiger partial charge on any atom is -0.408 e. The lowest BCUT2D eigenvalue weighted by Crippen LogP contribution is -2.16. The molecule has 4 aromatic carbocycles. The molecule has 0 atom stereocenters. The average molecular weight is 721 g/mol. The number of benzene rings is 4. The molecule has 0 fully saturated rings. The van der Waals surface area contributed by atoms with Crippen LogP contribution < -0.4 is 21.0 Å². The number of hydrogen-bond acceptors (Lipinski definition) is 8. The Balaban J connectivity index is 0.000000198. The highest BCUT2D eigenvalue weighted by molar-refractivity contribution is 5.81. The van der Waals surface area contributed by atoms with Crippen LogP contribution in [0.3, 0.4) is 0 Å². The van der Waals surface area contributed by atoms with Crippen LogP contribution in [0, 0.1) is 0 Å². The van der Waals surface area contributed by atoms with Crippen molar-refractivity contribution < 1.29 is 54.5 Å². The molecule has 10 nitrogen and oxygen atoms in total. The van der Waals surface area contributed by atoms with E-state index < -0.39 is 24.2 Å². The lowest BCUT2D eigenvalue weighted by atomic mass is 10.1. The summed E-state index contributed by atoms with van der Waals surface area (Å²) in [7, 11) is 1.58. The summed E-state index contributed by atoms with van der Waals surface area (Å²) < 4.78 is 99.3. The van der Waals surface area contributed by atoms with Gasteiger partial charge in [-0.2, -0.15) is 0 Å². The maximum absolute atomic E-state index is 12.2. The number of hydrogen-bond donors (Lipinski definition) is 1. The molecule has 0 aliphatic carbocycles. The van der Waals surface area contributed by atoms with Gasteiger partial charge in [0.25, 0.3) is 0 Å². The van der Waals surface area contributed by atoms with Gasteiger partial charge in [0, 0.05) is 33.4 Å². The summed E-state index contributed by atoms with van der Waals surface area (Å²) in [6.07, 6.45) is -8.41. The number of aliphatic hydroxyl groups excluding tert-OH is 1. The summed E-state index contributed by atoms with van der Waals surface area (Å²) in [6, 6.07) is 21.2. The maximum Gasteiger partial charge on any atom is 0.573 e. The van der Waals surface area contributed by atoms with Gasteiger partial charge in [-0.1, -0.05) is 36.4 Å². The van der Waals surface area contributed by atoms with Crippen LogP contribution >= 0.6 is 0 Å². The molecule has 0 aliphatic rings. The molecule has 6 aromatic rings.